The van der Waals surface area contributed by atoms with Gasteiger partial charge >= 0.3 is 0 Å². The summed E-state index contributed by atoms with van der Waals surface area (Å²) >= 11 is 0. The Balaban J connectivity index is 0.00000338. The van der Waals surface area contributed by atoms with Crippen LogP contribution in [-0.4, -0.2) is 76.5 Å². The summed E-state index contributed by atoms with van der Waals surface area (Å²) in [5.74, 6) is -2.10. The van der Waals surface area contributed by atoms with Gasteiger partial charge in [0.1, 0.15) is 16.5 Å². The van der Waals surface area contributed by atoms with Gasteiger partial charge in [-0.15, -0.1) is 12.4 Å². The normalized spacial score (nSPS) is 15.6. The van der Waals surface area contributed by atoms with Crippen molar-refractivity contribution in [3.8, 4) is 0 Å². The maximum Gasteiger partial charge on any atom is 0.246 e. The van der Waals surface area contributed by atoms with Crippen molar-refractivity contribution >= 4 is 28.3 Å². The van der Waals surface area contributed by atoms with Gasteiger partial charge in [-0.2, -0.15) is 4.31 Å². The number of carbonyl (C=O) groups excluding carboxylic acids is 1. The molecule has 0 unspecified atom stereocenters. The molecule has 7 nitrogen and oxygen atoms in total. The van der Waals surface area contributed by atoms with Crippen LogP contribution in [-0.2, 0) is 19.6 Å². The average molecular weight is 414 g/mol. The van der Waals surface area contributed by atoms with Gasteiger partial charge in [-0.05, 0) is 12.1 Å². The van der Waals surface area contributed by atoms with Gasteiger partial charge in [-0.25, -0.2) is 17.2 Å². The molecule has 1 fully saturated rings. The molecule has 1 aliphatic rings. The van der Waals surface area contributed by atoms with Crippen LogP contribution in [0, 0.1) is 11.6 Å². The number of amides is 1. The minimum absolute atomic E-state index is 0. The third-order valence-electron chi connectivity index (χ3n) is 3.86. The highest BCUT2D eigenvalue weighted by Gasteiger charge is 2.31. The number of rotatable bonds is 7. The number of hydrogen-bond acceptors (Lipinski definition) is 5. The van der Waals surface area contributed by atoms with Crippen LogP contribution in [0.25, 0.3) is 0 Å². The van der Waals surface area contributed by atoms with Crippen molar-refractivity contribution in [2.75, 3.05) is 53.0 Å². The highest BCUT2D eigenvalue weighted by molar-refractivity contribution is 7.89. The quantitative estimate of drug-likeness (QED) is 0.657. The van der Waals surface area contributed by atoms with Crippen molar-refractivity contribution in [3.63, 3.8) is 0 Å². The Morgan fingerprint density at radius 1 is 1.23 bits per heavy atom. The predicted molar refractivity (Wildman–Crippen MR) is 93.7 cm³/mol. The molecule has 1 amide bonds. The summed E-state index contributed by atoms with van der Waals surface area (Å²) in [4.78, 5) is 13.0. The zero-order chi connectivity index (χ0) is 18.4. The Kier molecular flexibility index (Phi) is 8.84. The molecule has 1 aliphatic heterocycles. The van der Waals surface area contributed by atoms with E-state index in [9.17, 15) is 22.0 Å². The maximum atomic E-state index is 13.8. The van der Waals surface area contributed by atoms with Gasteiger partial charge in [-0.3, -0.25) is 4.79 Å². The van der Waals surface area contributed by atoms with E-state index in [1.54, 1.807) is 12.0 Å². The van der Waals surface area contributed by atoms with E-state index in [0.717, 1.165) is 16.4 Å². The lowest BCUT2D eigenvalue weighted by atomic mass is 10.3. The molecule has 1 saturated heterocycles. The number of piperazine rings is 1. The molecule has 1 heterocycles. The number of hydrogen-bond donors (Lipinski definition) is 1. The number of sulfonamides is 1. The van der Waals surface area contributed by atoms with Gasteiger partial charge in [0.15, 0.2) is 0 Å². The van der Waals surface area contributed by atoms with E-state index in [1.807, 2.05) is 0 Å². The van der Waals surface area contributed by atoms with Gasteiger partial charge in [0.25, 0.3) is 0 Å². The van der Waals surface area contributed by atoms with Crippen molar-refractivity contribution in [1.82, 2.24) is 14.5 Å². The van der Waals surface area contributed by atoms with Crippen LogP contribution in [0.5, 0.6) is 0 Å². The Labute approximate surface area is 157 Å². The number of benzene rings is 1. The lowest BCUT2D eigenvalue weighted by Crippen LogP contribution is -2.52. The number of methoxy groups -OCH3 is 1. The SMILES string of the molecule is COCCNCC(=O)N1CCN(S(=O)(=O)c2ccc(F)cc2F)CC1.Cl. The molecule has 148 valence electrons. The second-order valence-corrected chi connectivity index (χ2v) is 7.44. The van der Waals surface area contributed by atoms with E-state index in [2.05, 4.69) is 5.32 Å². The lowest BCUT2D eigenvalue weighted by molar-refractivity contribution is -0.131. The van der Waals surface area contributed by atoms with Gasteiger partial charge < -0.3 is 15.0 Å². The van der Waals surface area contributed by atoms with Crippen molar-refractivity contribution in [2.24, 2.45) is 0 Å². The highest BCUT2D eigenvalue weighted by Crippen LogP contribution is 2.21. The van der Waals surface area contributed by atoms with Gasteiger partial charge in [0, 0.05) is 45.9 Å². The standard InChI is InChI=1S/C15H21F2N3O4S.ClH/c1-24-9-4-18-11-15(21)19-5-7-20(8-6-19)25(22,23)14-3-2-12(16)10-13(14)17;/h2-3,10,18H,4-9,11H2,1H3;1H. The highest BCUT2D eigenvalue weighted by atomic mass is 35.5. The Bertz CT molecular complexity index is 713. The number of ether oxygens (including phenoxy) is 1. The topological polar surface area (TPSA) is 79.0 Å². The molecule has 11 heteroatoms. The molecule has 0 saturated carbocycles. The molecule has 1 aromatic carbocycles. The maximum absolute atomic E-state index is 13.8. The van der Waals surface area contributed by atoms with E-state index in [1.165, 1.54) is 0 Å². The zero-order valence-electron chi connectivity index (χ0n) is 14.3. The van der Waals surface area contributed by atoms with Crippen molar-refractivity contribution in [3.05, 3.63) is 29.8 Å². The molecule has 1 N–H and O–H groups in total. The van der Waals surface area contributed by atoms with Crippen molar-refractivity contribution < 1.29 is 26.7 Å². The number of halogens is 3. The Hall–Kier alpha value is -1.33. The Morgan fingerprint density at radius 2 is 1.88 bits per heavy atom. The molecule has 0 aliphatic carbocycles. The van der Waals surface area contributed by atoms with Crippen molar-refractivity contribution in [2.45, 2.75) is 4.90 Å². The summed E-state index contributed by atoms with van der Waals surface area (Å²) in [5.41, 5.74) is 0. The van der Waals surface area contributed by atoms with Crippen LogP contribution < -0.4 is 5.32 Å². The van der Waals surface area contributed by atoms with E-state index in [0.29, 0.717) is 19.2 Å². The molecular weight excluding hydrogens is 392 g/mol. The molecule has 0 aromatic heterocycles. The molecule has 26 heavy (non-hydrogen) atoms. The summed E-state index contributed by atoms with van der Waals surface area (Å²) < 4.78 is 57.7. The minimum atomic E-state index is -4.06. The fourth-order valence-electron chi connectivity index (χ4n) is 2.48. The fourth-order valence-corrected chi connectivity index (χ4v) is 3.95. The summed E-state index contributed by atoms with van der Waals surface area (Å²) in [6.07, 6.45) is 0. The van der Waals surface area contributed by atoms with E-state index >= 15 is 0 Å². The molecule has 0 spiro atoms. The first-order valence-corrected chi connectivity index (χ1v) is 9.23. The molecule has 0 radical (unpaired) electrons. The smallest absolute Gasteiger partial charge is 0.246 e. The lowest BCUT2D eigenvalue weighted by Gasteiger charge is -2.34. The molecule has 0 bridgehead atoms. The first kappa shape index (κ1) is 22.7. The second kappa shape index (κ2) is 10.1. The van der Waals surface area contributed by atoms with Crippen LogP contribution in [0.1, 0.15) is 0 Å². The predicted octanol–water partition coefficient (Wildman–Crippen LogP) is 0.456. The monoisotopic (exact) mass is 413 g/mol. The summed E-state index contributed by atoms with van der Waals surface area (Å²) in [6.45, 7) is 1.72. The van der Waals surface area contributed by atoms with Crippen LogP contribution in [0.15, 0.2) is 23.1 Å². The zero-order valence-corrected chi connectivity index (χ0v) is 15.9. The van der Waals surface area contributed by atoms with Gasteiger partial charge in [0.2, 0.25) is 15.9 Å². The minimum Gasteiger partial charge on any atom is -0.383 e. The average Bonchev–Trinajstić information content (AvgIpc) is 2.58. The van der Waals surface area contributed by atoms with E-state index < -0.39 is 26.6 Å². The Morgan fingerprint density at radius 3 is 2.46 bits per heavy atom. The van der Waals surface area contributed by atoms with E-state index in [-0.39, 0.29) is 51.0 Å². The van der Waals surface area contributed by atoms with Crippen LogP contribution in [0.2, 0.25) is 0 Å². The molecular formula is C15H22ClF2N3O4S. The van der Waals surface area contributed by atoms with Crippen molar-refractivity contribution in [1.29, 1.82) is 0 Å². The van der Waals surface area contributed by atoms with E-state index in [4.69, 9.17) is 4.74 Å². The van der Waals surface area contributed by atoms with Crippen LogP contribution in [0.3, 0.4) is 0 Å². The van der Waals surface area contributed by atoms with Gasteiger partial charge in [-0.1, -0.05) is 0 Å². The number of carbonyl (C=O) groups is 1. The van der Waals surface area contributed by atoms with Crippen LogP contribution in [0.4, 0.5) is 8.78 Å². The number of nitrogens with zero attached hydrogens (tertiary/aromatic N) is 2. The number of nitrogens with one attached hydrogen (secondary N) is 1. The first-order valence-electron chi connectivity index (χ1n) is 7.79. The molecule has 0 atom stereocenters. The first-order chi connectivity index (χ1) is 11.9. The summed E-state index contributed by atoms with van der Waals surface area (Å²) in [6, 6.07) is 2.36. The second-order valence-electron chi connectivity index (χ2n) is 5.53. The molecule has 1 aromatic rings. The van der Waals surface area contributed by atoms with Gasteiger partial charge in [0.05, 0.1) is 13.2 Å². The van der Waals surface area contributed by atoms with Crippen LogP contribution >= 0.6 is 12.4 Å². The largest absolute Gasteiger partial charge is 0.383 e. The third kappa shape index (κ3) is 5.58. The molecule has 2 rings (SSSR count). The summed E-state index contributed by atoms with van der Waals surface area (Å²) in [7, 11) is -2.50. The fraction of sp³-hybridized carbons (Fsp3) is 0.533. The summed E-state index contributed by atoms with van der Waals surface area (Å²) in [5, 5.41) is 2.93. The third-order valence-corrected chi connectivity index (χ3v) is 5.79.